The molecule has 5 heteroatoms. The van der Waals surface area contributed by atoms with Crippen LogP contribution in [0, 0.1) is 0 Å². The van der Waals surface area contributed by atoms with Gasteiger partial charge in [0.15, 0.2) is 0 Å². The van der Waals surface area contributed by atoms with Gasteiger partial charge in [0, 0.05) is 26.1 Å². The van der Waals surface area contributed by atoms with Gasteiger partial charge in [0.2, 0.25) is 0 Å². The molecule has 82 valence electrons. The number of nitrogens with one attached hydrogen (secondary N) is 1. The zero-order chi connectivity index (χ0) is 10.7. The van der Waals surface area contributed by atoms with E-state index in [0.717, 1.165) is 31.9 Å². The molecule has 2 heterocycles. The fraction of sp³-hybridized carbons (Fsp3) is 0.600. The second kappa shape index (κ2) is 4.44. The Hall–Kier alpha value is -1.36. The lowest BCUT2D eigenvalue weighted by Crippen LogP contribution is -2.19. The quantitative estimate of drug-likeness (QED) is 0.707. The van der Waals surface area contributed by atoms with Crippen LogP contribution in [0.1, 0.15) is 23.2 Å². The van der Waals surface area contributed by atoms with E-state index in [1.807, 2.05) is 4.57 Å². The number of imidazole rings is 1. The van der Waals surface area contributed by atoms with Gasteiger partial charge in [-0.25, -0.2) is 9.78 Å². The van der Waals surface area contributed by atoms with Crippen LogP contribution in [0.3, 0.4) is 0 Å². The smallest absolute Gasteiger partial charge is 0.356 e. The molecule has 0 aromatic carbocycles. The molecule has 0 bridgehead atoms. The van der Waals surface area contributed by atoms with E-state index >= 15 is 0 Å². The number of esters is 1. The lowest BCUT2D eigenvalue weighted by atomic mass is 10.4. The zero-order valence-electron chi connectivity index (χ0n) is 8.82. The maximum Gasteiger partial charge on any atom is 0.356 e. The maximum atomic E-state index is 11.6. The lowest BCUT2D eigenvalue weighted by Gasteiger charge is -2.07. The van der Waals surface area contributed by atoms with Crippen LogP contribution in [-0.4, -0.2) is 35.2 Å². The van der Waals surface area contributed by atoms with Gasteiger partial charge in [0.05, 0.1) is 12.8 Å². The Kier molecular flexibility index (Phi) is 3.01. The van der Waals surface area contributed by atoms with Crippen molar-refractivity contribution in [1.29, 1.82) is 0 Å². The standard InChI is InChI=1S/C10H15N3O2/c1-2-15-10(14)8-7-12-9-3-4-11-5-6-13(8)9/h7,11H,2-6H2,1H3. The summed E-state index contributed by atoms with van der Waals surface area (Å²) in [4.78, 5) is 15.8. The summed E-state index contributed by atoms with van der Waals surface area (Å²) in [6, 6.07) is 0. The first kappa shape index (κ1) is 10.2. The Morgan fingerprint density at radius 2 is 2.53 bits per heavy atom. The van der Waals surface area contributed by atoms with E-state index in [-0.39, 0.29) is 5.97 Å². The van der Waals surface area contributed by atoms with E-state index in [1.165, 1.54) is 0 Å². The fourth-order valence-electron chi connectivity index (χ4n) is 1.75. The minimum atomic E-state index is -0.279. The molecule has 1 aromatic rings. The van der Waals surface area contributed by atoms with Gasteiger partial charge < -0.3 is 14.6 Å². The number of aromatic nitrogens is 2. The van der Waals surface area contributed by atoms with Crippen molar-refractivity contribution in [3.8, 4) is 0 Å². The van der Waals surface area contributed by atoms with Crippen molar-refractivity contribution in [2.24, 2.45) is 0 Å². The second-order valence-corrected chi connectivity index (χ2v) is 3.43. The predicted molar refractivity (Wildman–Crippen MR) is 54.8 cm³/mol. The summed E-state index contributed by atoms with van der Waals surface area (Å²) in [7, 11) is 0. The third-order valence-corrected chi connectivity index (χ3v) is 2.46. The van der Waals surface area contributed by atoms with E-state index in [1.54, 1.807) is 13.1 Å². The average molecular weight is 209 g/mol. The van der Waals surface area contributed by atoms with Crippen molar-refractivity contribution in [2.45, 2.75) is 19.9 Å². The van der Waals surface area contributed by atoms with Crippen LogP contribution >= 0.6 is 0 Å². The van der Waals surface area contributed by atoms with Crippen molar-refractivity contribution in [3.63, 3.8) is 0 Å². The molecule has 1 aliphatic rings. The Morgan fingerprint density at radius 3 is 3.33 bits per heavy atom. The second-order valence-electron chi connectivity index (χ2n) is 3.43. The first-order valence-electron chi connectivity index (χ1n) is 5.25. The van der Waals surface area contributed by atoms with Crippen molar-refractivity contribution in [2.75, 3.05) is 19.7 Å². The largest absolute Gasteiger partial charge is 0.461 e. The van der Waals surface area contributed by atoms with Crippen LogP contribution in [0.2, 0.25) is 0 Å². The summed E-state index contributed by atoms with van der Waals surface area (Å²) in [5.74, 6) is 0.682. The number of rotatable bonds is 2. The van der Waals surface area contributed by atoms with E-state index in [4.69, 9.17) is 4.74 Å². The van der Waals surface area contributed by atoms with Crippen LogP contribution in [0.25, 0.3) is 0 Å². The van der Waals surface area contributed by atoms with Gasteiger partial charge >= 0.3 is 5.97 Å². The molecule has 1 N–H and O–H groups in total. The molecule has 2 rings (SSSR count). The summed E-state index contributed by atoms with van der Waals surface area (Å²) in [6.07, 6.45) is 2.47. The van der Waals surface area contributed by atoms with Crippen molar-refractivity contribution in [3.05, 3.63) is 17.7 Å². The number of hydrogen-bond acceptors (Lipinski definition) is 4. The number of hydrogen-bond donors (Lipinski definition) is 1. The molecule has 1 aromatic heterocycles. The normalized spacial score (nSPS) is 15.5. The zero-order valence-corrected chi connectivity index (χ0v) is 8.82. The summed E-state index contributed by atoms with van der Waals surface area (Å²) < 4.78 is 6.92. The highest BCUT2D eigenvalue weighted by Gasteiger charge is 2.18. The van der Waals surface area contributed by atoms with Crippen LogP contribution in [0.5, 0.6) is 0 Å². The van der Waals surface area contributed by atoms with E-state index in [2.05, 4.69) is 10.3 Å². The highest BCUT2D eigenvalue weighted by atomic mass is 16.5. The highest BCUT2D eigenvalue weighted by molar-refractivity contribution is 5.87. The van der Waals surface area contributed by atoms with E-state index < -0.39 is 0 Å². The Balaban J connectivity index is 2.25. The minimum absolute atomic E-state index is 0.279. The average Bonchev–Trinajstić information content (AvgIpc) is 2.48. The molecule has 5 nitrogen and oxygen atoms in total. The topological polar surface area (TPSA) is 56.1 Å². The Bertz CT molecular complexity index is 360. The first-order chi connectivity index (χ1) is 7.33. The predicted octanol–water partition coefficient (Wildman–Crippen LogP) is 0.205. The van der Waals surface area contributed by atoms with Gasteiger partial charge in [0.25, 0.3) is 0 Å². The third-order valence-electron chi connectivity index (χ3n) is 2.46. The summed E-state index contributed by atoms with van der Waals surface area (Å²) >= 11 is 0. The van der Waals surface area contributed by atoms with Crippen LogP contribution in [0.15, 0.2) is 6.20 Å². The summed E-state index contributed by atoms with van der Waals surface area (Å²) in [6.45, 7) is 4.77. The molecule has 0 saturated heterocycles. The summed E-state index contributed by atoms with van der Waals surface area (Å²) in [5, 5.41) is 3.27. The minimum Gasteiger partial charge on any atom is -0.461 e. The number of fused-ring (bicyclic) bond motifs is 1. The van der Waals surface area contributed by atoms with E-state index in [0.29, 0.717) is 12.3 Å². The molecule has 0 unspecified atom stereocenters. The molecular formula is C10H15N3O2. The molecule has 0 spiro atoms. The molecule has 0 aliphatic carbocycles. The molecule has 15 heavy (non-hydrogen) atoms. The molecule has 0 fully saturated rings. The van der Waals surface area contributed by atoms with Crippen molar-refractivity contribution < 1.29 is 9.53 Å². The van der Waals surface area contributed by atoms with Gasteiger partial charge in [-0.05, 0) is 6.92 Å². The van der Waals surface area contributed by atoms with Gasteiger partial charge in [-0.3, -0.25) is 0 Å². The van der Waals surface area contributed by atoms with Gasteiger partial charge in [0.1, 0.15) is 11.5 Å². The third kappa shape index (κ3) is 2.02. The van der Waals surface area contributed by atoms with E-state index in [9.17, 15) is 4.79 Å². The van der Waals surface area contributed by atoms with Crippen LogP contribution < -0.4 is 5.32 Å². The number of ether oxygens (including phenoxy) is 1. The monoisotopic (exact) mass is 209 g/mol. The fourth-order valence-corrected chi connectivity index (χ4v) is 1.75. The van der Waals surface area contributed by atoms with Gasteiger partial charge in [-0.2, -0.15) is 0 Å². The lowest BCUT2D eigenvalue weighted by molar-refractivity contribution is 0.0513. The Morgan fingerprint density at radius 1 is 1.67 bits per heavy atom. The molecular weight excluding hydrogens is 194 g/mol. The van der Waals surface area contributed by atoms with Crippen molar-refractivity contribution in [1.82, 2.24) is 14.9 Å². The van der Waals surface area contributed by atoms with Crippen LogP contribution in [0.4, 0.5) is 0 Å². The SMILES string of the molecule is CCOC(=O)c1cnc2n1CCNCC2. The molecule has 0 amide bonds. The number of nitrogens with zero attached hydrogens (tertiary/aromatic N) is 2. The molecule has 0 atom stereocenters. The molecule has 1 aliphatic heterocycles. The first-order valence-corrected chi connectivity index (χ1v) is 5.25. The van der Waals surface area contributed by atoms with Gasteiger partial charge in [-0.15, -0.1) is 0 Å². The van der Waals surface area contributed by atoms with Crippen LogP contribution in [-0.2, 0) is 17.7 Å². The maximum absolute atomic E-state index is 11.6. The highest BCUT2D eigenvalue weighted by Crippen LogP contribution is 2.09. The van der Waals surface area contributed by atoms with Crippen molar-refractivity contribution >= 4 is 5.97 Å². The molecule has 0 saturated carbocycles. The number of carbonyl (C=O) groups is 1. The number of carbonyl (C=O) groups excluding carboxylic acids is 1. The van der Waals surface area contributed by atoms with Gasteiger partial charge in [-0.1, -0.05) is 0 Å². The Labute approximate surface area is 88.4 Å². The summed E-state index contributed by atoms with van der Waals surface area (Å²) in [5.41, 5.74) is 0.565. The molecule has 0 radical (unpaired) electrons.